The van der Waals surface area contributed by atoms with E-state index >= 15 is 0 Å². The molecule has 32 heavy (non-hydrogen) atoms. The number of rotatable bonds is 10. The molecule has 0 saturated carbocycles. The van der Waals surface area contributed by atoms with E-state index in [-0.39, 0.29) is 23.6 Å². The van der Waals surface area contributed by atoms with Crippen LogP contribution in [-0.2, 0) is 19.2 Å². The first-order chi connectivity index (χ1) is 14.8. The molecule has 170 valence electrons. The SMILES string of the molecule is C=C(C)C(=O)[NH][Bi]([NH]C(=O)C(=C)C)[c]1cc[c]([Bi]([NH]C(=O)C(=C)C)[NH]C(=O)C(=C)C)cc1. The summed E-state index contributed by atoms with van der Waals surface area (Å²) in [4.78, 5) is 48.8. The Morgan fingerprint density at radius 2 is 0.719 bits per heavy atom. The Kier molecular flexibility index (Phi) is 11.1. The van der Waals surface area contributed by atoms with Crippen LogP contribution in [0, 0.1) is 0 Å². The van der Waals surface area contributed by atoms with Gasteiger partial charge in [0.25, 0.3) is 0 Å². The summed E-state index contributed by atoms with van der Waals surface area (Å²) in [5.41, 5.74) is 1.36. The van der Waals surface area contributed by atoms with Crippen molar-refractivity contribution in [3.63, 3.8) is 0 Å². The third-order valence-electron chi connectivity index (χ3n) is 3.77. The average molecular weight is 830 g/mol. The second-order valence-corrected chi connectivity index (χ2v) is 19.8. The quantitative estimate of drug-likeness (QED) is 0.194. The second kappa shape index (κ2) is 12.8. The molecule has 0 aromatic heterocycles. The van der Waals surface area contributed by atoms with E-state index in [4.69, 9.17) is 0 Å². The first-order valence-corrected chi connectivity index (χ1v) is 19.8. The third-order valence-corrected chi connectivity index (χ3v) is 16.7. The molecular weight excluding hydrogens is 802 g/mol. The van der Waals surface area contributed by atoms with Crippen molar-refractivity contribution in [2.24, 2.45) is 0 Å². The van der Waals surface area contributed by atoms with E-state index in [9.17, 15) is 19.2 Å². The van der Waals surface area contributed by atoms with Crippen molar-refractivity contribution < 1.29 is 19.2 Å². The third kappa shape index (κ3) is 8.75. The first-order valence-electron chi connectivity index (χ1n) is 9.39. The summed E-state index contributed by atoms with van der Waals surface area (Å²) in [7, 11) is 0. The molecule has 4 N–H and O–H groups in total. The molecule has 1 aromatic rings. The maximum atomic E-state index is 12.2. The number of nitrogens with one attached hydrogen (secondary N) is 4. The summed E-state index contributed by atoms with van der Waals surface area (Å²) in [5.74, 6) is -1.30. The fourth-order valence-electron chi connectivity index (χ4n) is 1.85. The van der Waals surface area contributed by atoms with E-state index in [1.54, 1.807) is 52.0 Å². The minimum atomic E-state index is -3.23. The van der Waals surface area contributed by atoms with Crippen molar-refractivity contribution in [3.05, 3.63) is 72.9 Å². The Balaban J connectivity index is 3.24. The molecular formula is C22H28Bi2N4O4. The fraction of sp³-hybridized carbons (Fsp3) is 0.182. The molecule has 1 aromatic carbocycles. The number of carbonyl (C=O) groups is 4. The van der Waals surface area contributed by atoms with Crippen LogP contribution >= 0.6 is 0 Å². The van der Waals surface area contributed by atoms with Crippen LogP contribution in [0.5, 0.6) is 0 Å². The Morgan fingerprint density at radius 3 is 0.875 bits per heavy atom. The molecule has 0 unspecified atom stereocenters. The Morgan fingerprint density at radius 1 is 0.531 bits per heavy atom. The van der Waals surface area contributed by atoms with Crippen LogP contribution in [0.2, 0.25) is 0 Å². The van der Waals surface area contributed by atoms with E-state index < -0.39 is 44.7 Å². The van der Waals surface area contributed by atoms with Crippen molar-refractivity contribution >= 4 is 74.8 Å². The van der Waals surface area contributed by atoms with Gasteiger partial charge in [-0.25, -0.2) is 0 Å². The predicted molar refractivity (Wildman–Crippen MR) is 129 cm³/mol. The molecule has 8 nitrogen and oxygen atoms in total. The van der Waals surface area contributed by atoms with E-state index in [1.807, 2.05) is 0 Å². The summed E-state index contributed by atoms with van der Waals surface area (Å²) in [6.07, 6.45) is 0. The van der Waals surface area contributed by atoms with Gasteiger partial charge in [0.15, 0.2) is 0 Å². The van der Waals surface area contributed by atoms with E-state index in [2.05, 4.69) is 39.4 Å². The maximum absolute atomic E-state index is 12.2. The van der Waals surface area contributed by atoms with Gasteiger partial charge in [-0.15, -0.1) is 0 Å². The molecule has 0 aliphatic carbocycles. The zero-order chi connectivity index (χ0) is 24.6. The van der Waals surface area contributed by atoms with Crippen LogP contribution in [0.15, 0.2) is 72.9 Å². The van der Waals surface area contributed by atoms with Crippen molar-refractivity contribution in [2.75, 3.05) is 0 Å². The number of amides is 4. The molecule has 0 spiro atoms. The van der Waals surface area contributed by atoms with Gasteiger partial charge in [0.1, 0.15) is 0 Å². The Labute approximate surface area is 206 Å². The second-order valence-electron chi connectivity index (χ2n) is 7.07. The molecule has 4 amide bonds. The first kappa shape index (κ1) is 27.9. The van der Waals surface area contributed by atoms with Gasteiger partial charge in [-0.2, -0.15) is 0 Å². The predicted octanol–water partition coefficient (Wildman–Crippen LogP) is -0.154. The number of hydrogen-bond donors (Lipinski definition) is 4. The van der Waals surface area contributed by atoms with Gasteiger partial charge in [0, 0.05) is 0 Å². The number of carbonyl (C=O) groups excluding carboxylic acids is 4. The molecule has 0 heterocycles. The number of hydrogen-bond acceptors (Lipinski definition) is 4. The standard InChI is InChI=1S/C6H4.4C4H7NO.2Bi/c1-2-4-6-5-3-1;4*1-3(2)4(5)6;;/h1-2,5-6H;4*1H2,2H3,(H2,5,6);;/q;;;;;2*+2/p-4. The van der Waals surface area contributed by atoms with Gasteiger partial charge in [-0.1, -0.05) is 0 Å². The summed E-state index contributed by atoms with van der Waals surface area (Å²) < 4.78 is 13.2. The van der Waals surface area contributed by atoms with Gasteiger partial charge in [-0.3, -0.25) is 0 Å². The van der Waals surface area contributed by atoms with E-state index in [1.165, 1.54) is 0 Å². The van der Waals surface area contributed by atoms with Crippen LogP contribution in [0.1, 0.15) is 27.7 Å². The van der Waals surface area contributed by atoms with Crippen molar-refractivity contribution in [2.45, 2.75) is 27.7 Å². The molecule has 0 aliphatic heterocycles. The summed E-state index contributed by atoms with van der Waals surface area (Å²) in [6, 6.07) is 7.19. The van der Waals surface area contributed by atoms with Crippen molar-refractivity contribution in [1.82, 2.24) is 13.0 Å². The fourth-order valence-corrected chi connectivity index (χ4v) is 13.9. The zero-order valence-corrected chi connectivity index (χ0v) is 25.6. The summed E-state index contributed by atoms with van der Waals surface area (Å²) in [5, 5.41) is 0. The summed E-state index contributed by atoms with van der Waals surface area (Å²) in [6.45, 7) is 20.9. The van der Waals surface area contributed by atoms with Crippen LogP contribution < -0.4 is 19.6 Å². The van der Waals surface area contributed by atoms with Crippen LogP contribution in [0.25, 0.3) is 0 Å². The molecule has 0 bridgehead atoms. The van der Waals surface area contributed by atoms with Gasteiger partial charge < -0.3 is 0 Å². The molecule has 0 atom stereocenters. The zero-order valence-electron chi connectivity index (χ0n) is 18.7. The Bertz CT molecular complexity index is 851. The minimum absolute atomic E-state index is 0.326. The number of benzene rings is 1. The molecule has 0 aliphatic rings. The molecule has 0 radical (unpaired) electrons. The van der Waals surface area contributed by atoms with Gasteiger partial charge in [0.05, 0.1) is 0 Å². The van der Waals surface area contributed by atoms with Crippen molar-refractivity contribution in [3.8, 4) is 0 Å². The molecule has 0 saturated heterocycles. The van der Waals surface area contributed by atoms with Gasteiger partial charge >= 0.3 is 208 Å². The Hall–Kier alpha value is -2.17. The molecule has 0 fully saturated rings. The normalized spacial score (nSPS) is 10.2. The van der Waals surface area contributed by atoms with Crippen molar-refractivity contribution in [1.29, 1.82) is 0 Å². The topological polar surface area (TPSA) is 116 Å². The van der Waals surface area contributed by atoms with Gasteiger partial charge in [0.2, 0.25) is 0 Å². The van der Waals surface area contributed by atoms with E-state index in [0.717, 1.165) is 6.54 Å². The van der Waals surface area contributed by atoms with Crippen LogP contribution in [0.4, 0.5) is 0 Å². The van der Waals surface area contributed by atoms with Crippen LogP contribution in [-0.4, -0.2) is 68.3 Å². The van der Waals surface area contributed by atoms with E-state index in [0.29, 0.717) is 22.3 Å². The molecule has 10 heteroatoms. The summed E-state index contributed by atoms with van der Waals surface area (Å²) >= 11 is -6.46. The average Bonchev–Trinajstić information content (AvgIpc) is 2.72. The molecule has 1 rings (SSSR count). The van der Waals surface area contributed by atoms with Gasteiger partial charge in [-0.05, 0) is 0 Å². The van der Waals surface area contributed by atoms with Crippen LogP contribution in [0.3, 0.4) is 0 Å². The monoisotopic (exact) mass is 830 g/mol.